The fourth-order valence-corrected chi connectivity index (χ4v) is 2.65. The van der Waals surface area contributed by atoms with Gasteiger partial charge in [-0.05, 0) is 24.3 Å². The Morgan fingerprint density at radius 1 is 1.12 bits per heavy atom. The Kier molecular flexibility index (Phi) is 2.30. The fourth-order valence-electron chi connectivity index (χ4n) is 1.67. The zero-order valence-corrected chi connectivity index (χ0v) is 9.54. The Bertz CT molecular complexity index is 693. The lowest BCUT2D eigenvalue weighted by molar-refractivity contribution is 0.477. The lowest BCUT2D eigenvalue weighted by atomic mass is 10.2. The van der Waals surface area contributed by atoms with E-state index in [2.05, 4.69) is 4.98 Å². The van der Waals surface area contributed by atoms with Gasteiger partial charge in [-0.1, -0.05) is 12.1 Å². The van der Waals surface area contributed by atoms with Crippen LogP contribution < -0.4 is 0 Å². The number of para-hydroxylation sites is 1. The molecule has 0 saturated carbocycles. The molecule has 1 N–H and O–H groups in total. The number of benzene rings is 2. The number of aromatic nitrogens is 1. The van der Waals surface area contributed by atoms with Crippen LogP contribution in [0.25, 0.3) is 20.8 Å². The average molecular weight is 245 g/mol. The van der Waals surface area contributed by atoms with E-state index >= 15 is 0 Å². The smallest absolute Gasteiger partial charge is 0.128 e. The summed E-state index contributed by atoms with van der Waals surface area (Å²) >= 11 is 1.44. The van der Waals surface area contributed by atoms with Gasteiger partial charge in [0.25, 0.3) is 0 Å². The molecule has 0 atom stereocenters. The van der Waals surface area contributed by atoms with Crippen LogP contribution >= 0.6 is 11.3 Å². The summed E-state index contributed by atoms with van der Waals surface area (Å²) in [5.41, 5.74) is 1.29. The largest absolute Gasteiger partial charge is 0.507 e. The van der Waals surface area contributed by atoms with Crippen LogP contribution in [0.4, 0.5) is 4.39 Å². The van der Waals surface area contributed by atoms with Crippen LogP contribution in [0.3, 0.4) is 0 Å². The molecule has 0 aliphatic carbocycles. The Labute approximate surface area is 101 Å². The second kappa shape index (κ2) is 3.82. The van der Waals surface area contributed by atoms with Crippen LogP contribution in [-0.2, 0) is 0 Å². The molecule has 0 saturated heterocycles. The monoisotopic (exact) mass is 245 g/mol. The maximum absolute atomic E-state index is 13.0. The number of aromatic hydroxyl groups is 1. The second-order valence-corrected chi connectivity index (χ2v) is 4.68. The van der Waals surface area contributed by atoms with E-state index in [1.54, 1.807) is 24.3 Å². The van der Waals surface area contributed by atoms with Gasteiger partial charge in [0.2, 0.25) is 0 Å². The number of nitrogens with zero attached hydrogens (tertiary/aromatic N) is 1. The molecule has 4 heteroatoms. The molecule has 0 radical (unpaired) electrons. The molecule has 0 unspecified atom stereocenters. The summed E-state index contributed by atoms with van der Waals surface area (Å²) in [6.07, 6.45) is 0. The summed E-state index contributed by atoms with van der Waals surface area (Å²) in [5.74, 6) is -0.112. The number of fused-ring (bicyclic) bond motifs is 1. The van der Waals surface area contributed by atoms with Gasteiger partial charge in [0.05, 0.1) is 15.8 Å². The van der Waals surface area contributed by atoms with Gasteiger partial charge in [0, 0.05) is 6.07 Å². The molecule has 17 heavy (non-hydrogen) atoms. The van der Waals surface area contributed by atoms with Crippen LogP contribution in [-0.4, -0.2) is 10.1 Å². The van der Waals surface area contributed by atoms with Crippen molar-refractivity contribution in [1.29, 1.82) is 0 Å². The number of phenols is 1. The first-order chi connectivity index (χ1) is 8.24. The minimum absolute atomic E-state index is 0.187. The molecule has 0 aliphatic rings. The van der Waals surface area contributed by atoms with Crippen LogP contribution in [0.15, 0.2) is 42.5 Å². The number of hydrogen-bond acceptors (Lipinski definition) is 3. The molecular formula is C13H8FNOS. The van der Waals surface area contributed by atoms with Crippen molar-refractivity contribution in [2.24, 2.45) is 0 Å². The molecule has 0 amide bonds. The van der Waals surface area contributed by atoms with Gasteiger partial charge in [-0.2, -0.15) is 0 Å². The molecule has 3 rings (SSSR count). The molecule has 2 nitrogen and oxygen atoms in total. The maximum atomic E-state index is 13.0. The zero-order valence-electron chi connectivity index (χ0n) is 8.72. The van der Waals surface area contributed by atoms with Crippen LogP contribution in [0, 0.1) is 5.82 Å². The summed E-state index contributed by atoms with van der Waals surface area (Å²) in [5, 5.41) is 10.4. The van der Waals surface area contributed by atoms with Gasteiger partial charge in [0.1, 0.15) is 16.6 Å². The third kappa shape index (κ3) is 1.76. The number of hydrogen-bond donors (Lipinski definition) is 1. The molecule has 0 fully saturated rings. The summed E-state index contributed by atoms with van der Waals surface area (Å²) in [4.78, 5) is 4.32. The van der Waals surface area contributed by atoms with Gasteiger partial charge < -0.3 is 5.11 Å². The van der Waals surface area contributed by atoms with E-state index in [9.17, 15) is 9.50 Å². The van der Waals surface area contributed by atoms with Crippen LogP contribution in [0.5, 0.6) is 5.75 Å². The number of rotatable bonds is 1. The van der Waals surface area contributed by atoms with Gasteiger partial charge in [-0.15, -0.1) is 11.3 Å². The highest BCUT2D eigenvalue weighted by Gasteiger charge is 2.09. The second-order valence-electron chi connectivity index (χ2n) is 3.65. The van der Waals surface area contributed by atoms with Crippen molar-refractivity contribution in [1.82, 2.24) is 4.98 Å². The molecule has 0 spiro atoms. The highest BCUT2D eigenvalue weighted by atomic mass is 32.1. The Balaban J connectivity index is 2.22. The van der Waals surface area contributed by atoms with Crippen molar-refractivity contribution >= 4 is 21.6 Å². The van der Waals surface area contributed by atoms with Crippen LogP contribution in [0.2, 0.25) is 0 Å². The zero-order chi connectivity index (χ0) is 11.8. The Morgan fingerprint density at radius 2 is 1.94 bits per heavy atom. The van der Waals surface area contributed by atoms with Gasteiger partial charge in [-0.3, -0.25) is 0 Å². The molecule has 1 aromatic heterocycles. The minimum atomic E-state index is -0.299. The molecule has 1 heterocycles. The molecule has 2 aromatic carbocycles. The van der Waals surface area contributed by atoms with Crippen molar-refractivity contribution in [2.75, 3.05) is 0 Å². The van der Waals surface area contributed by atoms with Crippen molar-refractivity contribution in [2.45, 2.75) is 0 Å². The normalized spacial score (nSPS) is 10.9. The van der Waals surface area contributed by atoms with E-state index in [0.717, 1.165) is 4.70 Å². The van der Waals surface area contributed by atoms with E-state index in [1.807, 2.05) is 6.07 Å². The van der Waals surface area contributed by atoms with Crippen molar-refractivity contribution in [3.8, 4) is 16.3 Å². The number of thiazole rings is 1. The van der Waals surface area contributed by atoms with E-state index < -0.39 is 0 Å². The van der Waals surface area contributed by atoms with E-state index in [4.69, 9.17) is 0 Å². The highest BCUT2D eigenvalue weighted by molar-refractivity contribution is 7.21. The maximum Gasteiger partial charge on any atom is 0.128 e. The molecule has 0 aliphatic heterocycles. The lowest BCUT2D eigenvalue weighted by Crippen LogP contribution is -1.77. The predicted molar refractivity (Wildman–Crippen MR) is 66.7 cm³/mol. The number of halogens is 1. The SMILES string of the molecule is Oc1ccccc1-c1nc2cc(F)ccc2s1. The summed E-state index contributed by atoms with van der Waals surface area (Å²) in [6.45, 7) is 0. The first kappa shape index (κ1) is 10.2. The summed E-state index contributed by atoms with van der Waals surface area (Å²) < 4.78 is 13.9. The van der Waals surface area contributed by atoms with Crippen molar-refractivity contribution in [3.05, 3.63) is 48.3 Å². The quantitative estimate of drug-likeness (QED) is 0.707. The predicted octanol–water partition coefficient (Wildman–Crippen LogP) is 3.81. The van der Waals surface area contributed by atoms with E-state index in [-0.39, 0.29) is 11.6 Å². The van der Waals surface area contributed by atoms with Gasteiger partial charge in [0.15, 0.2) is 0 Å². The number of phenolic OH excluding ortho intramolecular Hbond substituents is 1. The van der Waals surface area contributed by atoms with Gasteiger partial charge >= 0.3 is 0 Å². The molecule has 0 bridgehead atoms. The summed E-state index contributed by atoms with van der Waals surface area (Å²) in [7, 11) is 0. The third-order valence-corrected chi connectivity index (χ3v) is 3.55. The Morgan fingerprint density at radius 3 is 2.76 bits per heavy atom. The van der Waals surface area contributed by atoms with Crippen molar-refractivity contribution < 1.29 is 9.50 Å². The molecule has 3 aromatic rings. The van der Waals surface area contributed by atoms with Crippen LogP contribution in [0.1, 0.15) is 0 Å². The first-order valence-corrected chi connectivity index (χ1v) is 5.90. The first-order valence-electron chi connectivity index (χ1n) is 5.08. The molecule has 84 valence electrons. The fraction of sp³-hybridized carbons (Fsp3) is 0. The topological polar surface area (TPSA) is 33.1 Å². The lowest BCUT2D eigenvalue weighted by Gasteiger charge is -1.98. The standard InChI is InChI=1S/C13H8FNOS/c14-8-5-6-12-10(7-8)15-13(17-12)9-3-1-2-4-11(9)16/h1-7,16H. The molecular weight excluding hydrogens is 237 g/mol. The van der Waals surface area contributed by atoms with E-state index in [0.29, 0.717) is 16.1 Å². The minimum Gasteiger partial charge on any atom is -0.507 e. The summed E-state index contributed by atoms with van der Waals surface area (Å²) in [6, 6.07) is 11.5. The Hall–Kier alpha value is -1.94. The average Bonchev–Trinajstić information content (AvgIpc) is 2.72. The van der Waals surface area contributed by atoms with Gasteiger partial charge in [-0.25, -0.2) is 9.37 Å². The third-order valence-electron chi connectivity index (χ3n) is 2.48. The van der Waals surface area contributed by atoms with Crippen molar-refractivity contribution in [3.63, 3.8) is 0 Å². The highest BCUT2D eigenvalue weighted by Crippen LogP contribution is 2.34. The van der Waals surface area contributed by atoms with E-state index in [1.165, 1.54) is 23.5 Å².